The molecule has 2 aromatic heterocycles. The Kier molecular flexibility index (Phi) is 5.87. The third-order valence-electron chi connectivity index (χ3n) is 3.96. The van der Waals surface area contributed by atoms with Crippen molar-refractivity contribution in [1.29, 1.82) is 0 Å². The summed E-state index contributed by atoms with van der Waals surface area (Å²) in [5, 5.41) is 18.9. The summed E-state index contributed by atoms with van der Waals surface area (Å²) in [5.74, 6) is 0. The molecule has 0 atom stereocenters. The molecule has 3 aromatic rings. The normalized spacial score (nSPS) is 11.2. The van der Waals surface area contributed by atoms with E-state index in [1.807, 2.05) is 42.1 Å². The van der Waals surface area contributed by atoms with Crippen LogP contribution < -0.4 is 9.47 Å². The van der Waals surface area contributed by atoms with E-state index in [4.69, 9.17) is 0 Å². The second-order valence-electron chi connectivity index (χ2n) is 5.85. The van der Waals surface area contributed by atoms with Gasteiger partial charge in [-0.1, -0.05) is 0 Å². The molecule has 0 amide bonds. The second kappa shape index (κ2) is 8.49. The van der Waals surface area contributed by atoms with Crippen LogP contribution in [-0.2, 0) is 13.6 Å². The summed E-state index contributed by atoms with van der Waals surface area (Å²) in [6, 6.07) is 7.74. The number of benzene rings is 1. The summed E-state index contributed by atoms with van der Waals surface area (Å²) in [4.78, 5) is 16.3. The highest BCUT2D eigenvalue weighted by molar-refractivity contribution is 7.18. The molecule has 0 aliphatic carbocycles. The lowest BCUT2D eigenvalue weighted by Gasteiger charge is -2.22. The molecule has 0 N–H and O–H groups in total. The van der Waals surface area contributed by atoms with Gasteiger partial charge in [-0.05, 0) is 42.5 Å². The van der Waals surface area contributed by atoms with Crippen molar-refractivity contribution in [3.05, 3.63) is 59.3 Å². The molecule has 2 heterocycles. The number of hydrogen-bond donors (Lipinski definition) is 0. The number of thiazole rings is 1. The lowest BCUT2D eigenvalue weighted by Crippen LogP contribution is -2.28. The van der Waals surface area contributed by atoms with Gasteiger partial charge < -0.3 is 4.90 Å². The molecule has 27 heavy (non-hydrogen) atoms. The average molecular weight is 386 g/mol. The summed E-state index contributed by atoms with van der Waals surface area (Å²) < 4.78 is 4.17. The molecule has 0 radical (unpaired) electrons. The minimum atomic E-state index is -0.488. The van der Waals surface area contributed by atoms with Gasteiger partial charge in [0.1, 0.15) is 25.1 Å². The third kappa shape index (κ3) is 4.94. The van der Waals surface area contributed by atoms with Gasteiger partial charge in [-0.3, -0.25) is 10.1 Å². The quantitative estimate of drug-likeness (QED) is 0.256. The highest BCUT2D eigenvalue weighted by Crippen LogP contribution is 2.29. The summed E-state index contributed by atoms with van der Waals surface area (Å²) >= 11 is 0.895. The SMILES string of the molecule is CCN(CCn1cc[n+](C)c1)c1ccc(/N=N/c2ncc([N+](=O)[O-])s2)cc1. The number of rotatable bonds is 8. The van der Waals surface area contributed by atoms with Crippen molar-refractivity contribution in [1.82, 2.24) is 9.55 Å². The van der Waals surface area contributed by atoms with Crippen molar-refractivity contribution in [2.45, 2.75) is 13.5 Å². The van der Waals surface area contributed by atoms with Gasteiger partial charge in [0.15, 0.2) is 0 Å². The fourth-order valence-electron chi connectivity index (χ4n) is 2.56. The maximum atomic E-state index is 10.7. The summed E-state index contributed by atoms with van der Waals surface area (Å²) in [7, 11) is 2.01. The van der Waals surface area contributed by atoms with Gasteiger partial charge in [0, 0.05) is 12.2 Å². The van der Waals surface area contributed by atoms with Gasteiger partial charge in [0.05, 0.1) is 24.2 Å². The fraction of sp³-hybridized carbons (Fsp3) is 0.294. The number of azo groups is 1. The van der Waals surface area contributed by atoms with Crippen molar-refractivity contribution < 1.29 is 9.49 Å². The lowest BCUT2D eigenvalue weighted by molar-refractivity contribution is -0.671. The second-order valence-corrected chi connectivity index (χ2v) is 6.84. The molecule has 0 saturated carbocycles. The molecule has 0 bridgehead atoms. The molecule has 9 nitrogen and oxygen atoms in total. The molecular formula is C17H20N7O2S+. The molecular weight excluding hydrogens is 366 g/mol. The van der Waals surface area contributed by atoms with Crippen molar-refractivity contribution in [2.24, 2.45) is 17.3 Å². The summed E-state index contributed by atoms with van der Waals surface area (Å²) in [6.07, 6.45) is 7.32. The zero-order valence-electron chi connectivity index (χ0n) is 15.1. The Morgan fingerprint density at radius 2 is 2.11 bits per heavy atom. The highest BCUT2D eigenvalue weighted by atomic mass is 32.1. The van der Waals surface area contributed by atoms with Crippen LogP contribution in [0.3, 0.4) is 0 Å². The van der Waals surface area contributed by atoms with E-state index in [0.717, 1.165) is 36.7 Å². The lowest BCUT2D eigenvalue weighted by atomic mass is 10.2. The first-order valence-electron chi connectivity index (χ1n) is 8.43. The molecule has 0 fully saturated rings. The van der Waals surface area contributed by atoms with E-state index in [1.165, 1.54) is 6.20 Å². The molecule has 1 aromatic carbocycles. The standard InChI is InChI=1S/C17H20N7O2S/c1-3-23(11-10-22-9-8-21(2)13-22)15-6-4-14(5-7-15)19-20-17-18-12-16(27-17)24(25)26/h4-9,12-13H,3,10-11H2,1-2H3/q+1/b20-19+. The number of hydrogen-bond acceptors (Lipinski definition) is 7. The molecule has 0 unspecified atom stereocenters. The van der Waals surface area contributed by atoms with Gasteiger partial charge in [-0.2, -0.15) is 0 Å². The van der Waals surface area contributed by atoms with E-state index in [9.17, 15) is 10.1 Å². The number of anilines is 1. The predicted molar refractivity (Wildman–Crippen MR) is 103 cm³/mol. The van der Waals surface area contributed by atoms with Gasteiger partial charge in [0.2, 0.25) is 11.5 Å². The van der Waals surface area contributed by atoms with Gasteiger partial charge in [-0.15, -0.1) is 10.2 Å². The van der Waals surface area contributed by atoms with Crippen molar-refractivity contribution in [3.8, 4) is 0 Å². The fourth-order valence-corrected chi connectivity index (χ4v) is 3.11. The van der Waals surface area contributed by atoms with Crippen molar-refractivity contribution >= 4 is 32.8 Å². The maximum absolute atomic E-state index is 10.7. The van der Waals surface area contributed by atoms with E-state index in [1.54, 1.807) is 0 Å². The minimum Gasteiger partial charge on any atom is -0.368 e. The summed E-state index contributed by atoms with van der Waals surface area (Å²) in [6.45, 7) is 4.82. The van der Waals surface area contributed by atoms with Crippen LogP contribution in [0.15, 0.2) is 59.4 Å². The Bertz CT molecular complexity index is 933. The Morgan fingerprint density at radius 3 is 2.70 bits per heavy atom. The Labute approximate surface area is 160 Å². The first-order chi connectivity index (χ1) is 13.0. The van der Waals surface area contributed by atoms with Crippen molar-refractivity contribution in [2.75, 3.05) is 18.0 Å². The van der Waals surface area contributed by atoms with Crippen LogP contribution in [-0.4, -0.2) is 27.6 Å². The number of aromatic nitrogens is 3. The number of imidazole rings is 1. The first kappa shape index (κ1) is 18.6. The third-order valence-corrected chi connectivity index (χ3v) is 4.79. The Hall–Kier alpha value is -3.14. The van der Waals surface area contributed by atoms with Crippen LogP contribution >= 0.6 is 11.3 Å². The molecule has 3 rings (SSSR count). The van der Waals surface area contributed by atoms with Gasteiger partial charge >= 0.3 is 5.00 Å². The van der Waals surface area contributed by atoms with E-state index in [2.05, 4.69) is 44.1 Å². The monoisotopic (exact) mass is 386 g/mol. The number of likely N-dealkylation sites (N-methyl/N-ethyl adjacent to an activating group) is 1. The molecule has 140 valence electrons. The topological polar surface area (TPSA) is 92.8 Å². The van der Waals surface area contributed by atoms with Gasteiger partial charge in [-0.25, -0.2) is 14.1 Å². The van der Waals surface area contributed by atoms with E-state index < -0.39 is 4.92 Å². The predicted octanol–water partition coefficient (Wildman–Crippen LogP) is 3.62. The van der Waals surface area contributed by atoms with Gasteiger partial charge in [0.25, 0.3) is 0 Å². The number of aryl methyl sites for hydroxylation is 1. The first-order valence-corrected chi connectivity index (χ1v) is 9.25. The highest BCUT2D eigenvalue weighted by Gasteiger charge is 2.11. The van der Waals surface area contributed by atoms with E-state index in [0.29, 0.717) is 5.69 Å². The Morgan fingerprint density at radius 1 is 1.33 bits per heavy atom. The summed E-state index contributed by atoms with van der Waals surface area (Å²) in [5.41, 5.74) is 1.78. The van der Waals surface area contributed by atoms with E-state index >= 15 is 0 Å². The average Bonchev–Trinajstić information content (AvgIpc) is 3.30. The number of nitrogens with zero attached hydrogens (tertiary/aromatic N) is 7. The largest absolute Gasteiger partial charge is 0.368 e. The smallest absolute Gasteiger partial charge is 0.345 e. The molecule has 0 saturated heterocycles. The molecule has 0 spiro atoms. The van der Waals surface area contributed by atoms with Crippen LogP contribution in [0.4, 0.5) is 21.5 Å². The number of nitro groups is 1. The maximum Gasteiger partial charge on any atom is 0.345 e. The minimum absolute atomic E-state index is 0.0471. The zero-order valence-corrected chi connectivity index (χ0v) is 15.9. The molecule has 0 aliphatic heterocycles. The van der Waals surface area contributed by atoms with Crippen LogP contribution in [0.25, 0.3) is 0 Å². The van der Waals surface area contributed by atoms with Crippen LogP contribution in [0.5, 0.6) is 0 Å². The van der Waals surface area contributed by atoms with E-state index in [-0.39, 0.29) is 10.1 Å². The van der Waals surface area contributed by atoms with Crippen molar-refractivity contribution in [3.63, 3.8) is 0 Å². The molecule has 10 heteroatoms. The Balaban J connectivity index is 1.62. The van der Waals surface area contributed by atoms with Crippen LogP contribution in [0.2, 0.25) is 0 Å². The zero-order chi connectivity index (χ0) is 19.2. The van der Waals surface area contributed by atoms with Crippen LogP contribution in [0, 0.1) is 10.1 Å². The van der Waals surface area contributed by atoms with Crippen LogP contribution in [0.1, 0.15) is 6.92 Å². The molecule has 0 aliphatic rings.